The van der Waals surface area contributed by atoms with Crippen LogP contribution in [-0.2, 0) is 16.8 Å². The number of benzene rings is 3. The number of anilines is 1. The zero-order chi connectivity index (χ0) is 25.0. The van der Waals surface area contributed by atoms with E-state index >= 15 is 0 Å². The number of hydrogen-bond acceptors (Lipinski definition) is 5. The molecule has 4 aromatic rings. The van der Waals surface area contributed by atoms with Crippen LogP contribution in [-0.4, -0.2) is 16.1 Å². The predicted molar refractivity (Wildman–Crippen MR) is 136 cm³/mol. The summed E-state index contributed by atoms with van der Waals surface area (Å²) in [6.45, 7) is 0.210. The Labute approximate surface area is 216 Å². The third-order valence-electron chi connectivity index (χ3n) is 6.60. The summed E-state index contributed by atoms with van der Waals surface area (Å²) in [5, 5.41) is 18.5. The highest BCUT2D eigenvalue weighted by Gasteiger charge is 2.61. The number of ether oxygens (including phenoxy) is 1. The maximum Gasteiger partial charge on any atom is 0.248 e. The second-order valence-corrected chi connectivity index (χ2v) is 9.32. The minimum absolute atomic E-state index is 0.0164. The lowest BCUT2D eigenvalue weighted by molar-refractivity contribution is -0.121. The van der Waals surface area contributed by atoms with Crippen LogP contribution in [0.25, 0.3) is 11.3 Å². The number of fused-ring (bicyclic) bond motifs is 4. The summed E-state index contributed by atoms with van der Waals surface area (Å²) < 4.78 is 5.76. The summed E-state index contributed by atoms with van der Waals surface area (Å²) in [4.78, 5) is 16.2. The maximum absolute atomic E-state index is 14.6. The van der Waals surface area contributed by atoms with Crippen LogP contribution in [0.5, 0.6) is 5.88 Å². The van der Waals surface area contributed by atoms with Crippen LogP contribution in [0.1, 0.15) is 16.7 Å². The molecule has 1 amide bonds. The Morgan fingerprint density at radius 1 is 1.06 bits per heavy atom. The number of nitrogens with zero attached hydrogens (tertiary/aromatic N) is 3. The molecule has 6 rings (SSSR count). The van der Waals surface area contributed by atoms with Gasteiger partial charge in [0.1, 0.15) is 17.1 Å². The minimum atomic E-state index is -1.54. The van der Waals surface area contributed by atoms with Gasteiger partial charge in [0.15, 0.2) is 0 Å². The number of amides is 1. The summed E-state index contributed by atoms with van der Waals surface area (Å²) in [6, 6.07) is 24.2. The summed E-state index contributed by atoms with van der Waals surface area (Å²) in [5.41, 5.74) is 8.59. The number of H-pyrrole nitrogens is 1. The van der Waals surface area contributed by atoms with E-state index in [1.165, 1.54) is 0 Å². The normalized spacial score (nSPS) is 18.1. The highest BCUT2D eigenvalue weighted by atomic mass is 35.5. The minimum Gasteiger partial charge on any atom is -0.420 e. The number of aromatic amines is 1. The molecule has 1 aromatic heterocycles. The van der Waals surface area contributed by atoms with Crippen LogP contribution in [0.2, 0.25) is 10.0 Å². The molecule has 0 radical (unpaired) electrons. The zero-order valence-electron chi connectivity index (χ0n) is 18.6. The molecule has 176 valence electrons. The second kappa shape index (κ2) is 8.16. The Morgan fingerprint density at radius 3 is 2.56 bits per heavy atom. The van der Waals surface area contributed by atoms with Gasteiger partial charge in [0.2, 0.25) is 17.7 Å². The summed E-state index contributed by atoms with van der Waals surface area (Å²) in [6.07, 6.45) is 0. The van der Waals surface area contributed by atoms with Gasteiger partial charge in [-0.25, -0.2) is 0 Å². The average molecular weight is 514 g/mol. The molecule has 3 N–H and O–H groups in total. The highest BCUT2D eigenvalue weighted by Crippen LogP contribution is 2.57. The number of carbonyl (C=O) groups is 1. The number of halogens is 2. The van der Waals surface area contributed by atoms with Gasteiger partial charge in [-0.1, -0.05) is 77.8 Å². The summed E-state index contributed by atoms with van der Waals surface area (Å²) >= 11 is 12.4. The molecule has 36 heavy (non-hydrogen) atoms. The SMILES string of the molecule is N#CC1=C(N)Oc2n[nH]c(-c3ccccc3)c2C12C(=O)N(Cc1ccc(Cl)c(Cl)c1)c1ccccc12. The summed E-state index contributed by atoms with van der Waals surface area (Å²) in [5.74, 6) is -0.335. The molecule has 9 heteroatoms. The van der Waals surface area contributed by atoms with Crippen molar-refractivity contribution in [2.45, 2.75) is 12.0 Å². The fraction of sp³-hybridized carbons (Fsp3) is 0.0741. The number of aromatic nitrogens is 2. The van der Waals surface area contributed by atoms with Crippen molar-refractivity contribution < 1.29 is 9.53 Å². The van der Waals surface area contributed by atoms with Crippen molar-refractivity contribution in [3.8, 4) is 23.2 Å². The number of nitrogens with two attached hydrogens (primary N) is 1. The molecular formula is C27H17Cl2N5O2. The summed E-state index contributed by atoms with van der Waals surface area (Å²) in [7, 11) is 0. The van der Waals surface area contributed by atoms with Gasteiger partial charge in [-0.05, 0) is 23.8 Å². The zero-order valence-corrected chi connectivity index (χ0v) is 20.1. The van der Waals surface area contributed by atoms with Gasteiger partial charge < -0.3 is 15.4 Å². The first-order chi connectivity index (χ1) is 17.5. The van der Waals surface area contributed by atoms with Crippen LogP contribution in [0.4, 0.5) is 5.69 Å². The smallest absolute Gasteiger partial charge is 0.248 e. The fourth-order valence-corrected chi connectivity index (χ4v) is 5.40. The van der Waals surface area contributed by atoms with Crippen molar-refractivity contribution >= 4 is 34.8 Å². The number of nitriles is 1. The molecule has 0 fully saturated rings. The topological polar surface area (TPSA) is 108 Å². The standard InChI is InChI=1S/C27H17Cl2N5O2/c28-19-11-10-15(12-20(19)29)14-34-21-9-5-4-8-17(21)27(26(34)35)18(13-30)24(31)36-25-22(27)23(32-33-25)16-6-2-1-3-7-16/h1-12H,14,31H2,(H,32,33). The van der Waals surface area contributed by atoms with E-state index < -0.39 is 5.41 Å². The van der Waals surface area contributed by atoms with Crippen molar-refractivity contribution in [1.82, 2.24) is 10.2 Å². The van der Waals surface area contributed by atoms with E-state index in [0.717, 1.165) is 11.1 Å². The molecule has 0 aliphatic carbocycles. The van der Waals surface area contributed by atoms with Crippen molar-refractivity contribution in [3.05, 3.63) is 111 Å². The molecule has 7 nitrogen and oxygen atoms in total. The number of carbonyl (C=O) groups excluding carboxylic acids is 1. The van der Waals surface area contributed by atoms with Gasteiger partial charge in [-0.2, -0.15) is 5.26 Å². The van der Waals surface area contributed by atoms with Crippen molar-refractivity contribution in [2.75, 3.05) is 4.90 Å². The van der Waals surface area contributed by atoms with Crippen LogP contribution in [0.15, 0.2) is 84.3 Å². The van der Waals surface area contributed by atoms with Crippen LogP contribution in [0.3, 0.4) is 0 Å². The molecule has 2 aliphatic heterocycles. The van der Waals surface area contributed by atoms with E-state index in [4.69, 9.17) is 33.7 Å². The molecule has 3 aromatic carbocycles. The molecule has 0 saturated heterocycles. The molecule has 0 saturated carbocycles. The van der Waals surface area contributed by atoms with E-state index in [9.17, 15) is 10.1 Å². The van der Waals surface area contributed by atoms with Gasteiger partial charge in [0, 0.05) is 16.8 Å². The number of hydrogen-bond donors (Lipinski definition) is 2. The molecule has 1 atom stereocenters. The molecule has 1 spiro atoms. The van der Waals surface area contributed by atoms with Crippen molar-refractivity contribution in [1.29, 1.82) is 5.26 Å². The van der Waals surface area contributed by atoms with Crippen LogP contribution < -0.4 is 15.4 Å². The van der Waals surface area contributed by atoms with E-state index in [2.05, 4.69) is 16.3 Å². The maximum atomic E-state index is 14.6. The highest BCUT2D eigenvalue weighted by molar-refractivity contribution is 6.42. The third kappa shape index (κ3) is 2.99. The Bertz CT molecular complexity index is 1620. The average Bonchev–Trinajstić information content (AvgIpc) is 3.41. The van der Waals surface area contributed by atoms with E-state index in [1.54, 1.807) is 17.0 Å². The first kappa shape index (κ1) is 22.2. The number of nitrogens with one attached hydrogen (secondary N) is 1. The third-order valence-corrected chi connectivity index (χ3v) is 7.34. The molecule has 0 bridgehead atoms. The van der Waals surface area contributed by atoms with E-state index in [-0.39, 0.29) is 29.8 Å². The van der Waals surface area contributed by atoms with Crippen LogP contribution in [0, 0.1) is 11.3 Å². The van der Waals surface area contributed by atoms with Gasteiger partial charge >= 0.3 is 0 Å². The Morgan fingerprint density at radius 2 is 1.81 bits per heavy atom. The first-order valence-corrected chi connectivity index (χ1v) is 11.8. The van der Waals surface area contributed by atoms with E-state index in [1.807, 2.05) is 60.7 Å². The monoisotopic (exact) mass is 513 g/mol. The number of para-hydroxylation sites is 1. The number of rotatable bonds is 3. The predicted octanol–water partition coefficient (Wildman–Crippen LogP) is 5.30. The first-order valence-electron chi connectivity index (χ1n) is 11.0. The molecule has 1 unspecified atom stereocenters. The lowest BCUT2D eigenvalue weighted by Crippen LogP contribution is -2.45. The second-order valence-electron chi connectivity index (χ2n) is 8.50. The molecule has 3 heterocycles. The molecular weight excluding hydrogens is 497 g/mol. The Hall–Kier alpha value is -4.25. The quantitative estimate of drug-likeness (QED) is 0.386. The largest absolute Gasteiger partial charge is 0.420 e. The Kier molecular flexibility index (Phi) is 5.04. The van der Waals surface area contributed by atoms with Crippen molar-refractivity contribution in [3.63, 3.8) is 0 Å². The van der Waals surface area contributed by atoms with Gasteiger partial charge in [0.25, 0.3) is 0 Å². The van der Waals surface area contributed by atoms with Gasteiger partial charge in [-0.15, -0.1) is 5.10 Å². The van der Waals surface area contributed by atoms with Gasteiger partial charge in [0.05, 0.1) is 27.8 Å². The molecule has 2 aliphatic rings. The van der Waals surface area contributed by atoms with Crippen molar-refractivity contribution in [2.24, 2.45) is 5.73 Å². The lowest BCUT2D eigenvalue weighted by Gasteiger charge is -2.33. The van der Waals surface area contributed by atoms with E-state index in [0.29, 0.717) is 32.6 Å². The van der Waals surface area contributed by atoms with Gasteiger partial charge in [-0.3, -0.25) is 9.89 Å². The fourth-order valence-electron chi connectivity index (χ4n) is 5.08. The van der Waals surface area contributed by atoms with Crippen LogP contribution >= 0.6 is 23.2 Å². The Balaban J connectivity index is 1.62. The lowest BCUT2D eigenvalue weighted by atomic mass is 9.68.